The summed E-state index contributed by atoms with van der Waals surface area (Å²) >= 11 is 0. The van der Waals surface area contributed by atoms with Crippen molar-refractivity contribution in [2.24, 2.45) is 0 Å². The van der Waals surface area contributed by atoms with Gasteiger partial charge in [-0.15, -0.1) is 0 Å². The van der Waals surface area contributed by atoms with Gasteiger partial charge in [0, 0.05) is 11.1 Å². The molecular weight excluding hydrogens is 208 g/mol. The van der Waals surface area contributed by atoms with Crippen molar-refractivity contribution in [3.05, 3.63) is 52.6 Å². The number of rotatable bonds is 0. The van der Waals surface area contributed by atoms with Gasteiger partial charge >= 0.3 is 0 Å². The first-order valence-electron chi connectivity index (χ1n) is 6.23. The normalized spacial score (nSPS) is 17.1. The van der Waals surface area contributed by atoms with Gasteiger partial charge in [-0.3, -0.25) is 0 Å². The summed E-state index contributed by atoms with van der Waals surface area (Å²) in [7, 11) is 0. The predicted octanol–water partition coefficient (Wildman–Crippen LogP) is 3.14. The molecule has 0 amide bonds. The summed E-state index contributed by atoms with van der Waals surface area (Å²) in [6, 6.07) is 8.75. The zero-order chi connectivity index (χ0) is 12.0. The van der Waals surface area contributed by atoms with Crippen LogP contribution in [0.15, 0.2) is 24.3 Å². The lowest BCUT2D eigenvalue weighted by atomic mass is 9.79. The van der Waals surface area contributed by atoms with E-state index in [0.29, 0.717) is 0 Å². The number of aromatic amines is 1. The molecule has 1 heterocycles. The average molecular weight is 226 g/mol. The third kappa shape index (κ3) is 1.51. The van der Waals surface area contributed by atoms with E-state index in [-0.39, 0.29) is 5.41 Å². The highest BCUT2D eigenvalue weighted by Crippen LogP contribution is 2.37. The Balaban J connectivity index is 2.26. The molecule has 17 heavy (non-hydrogen) atoms. The van der Waals surface area contributed by atoms with Crippen LogP contribution in [0.5, 0.6) is 0 Å². The Bertz CT molecular complexity index is 564. The molecule has 0 fully saturated rings. The van der Waals surface area contributed by atoms with Gasteiger partial charge in [0.2, 0.25) is 0 Å². The average Bonchev–Trinajstić information content (AvgIpc) is 2.65. The molecule has 0 atom stereocenters. The molecule has 1 aliphatic carbocycles. The predicted molar refractivity (Wildman–Crippen MR) is 69.3 cm³/mol. The van der Waals surface area contributed by atoms with Gasteiger partial charge in [0.15, 0.2) is 0 Å². The van der Waals surface area contributed by atoms with E-state index >= 15 is 0 Å². The smallest absolute Gasteiger partial charge is 0.103 e. The minimum Gasteiger partial charge on any atom is -0.346 e. The van der Waals surface area contributed by atoms with Gasteiger partial charge in [0.1, 0.15) is 5.82 Å². The number of nitrogens with one attached hydrogen (secondary N) is 1. The molecule has 1 aliphatic rings. The second-order valence-electron chi connectivity index (χ2n) is 5.43. The van der Waals surface area contributed by atoms with Crippen LogP contribution in [0.25, 0.3) is 0 Å². The highest BCUT2D eigenvalue weighted by Gasteiger charge is 2.32. The summed E-state index contributed by atoms with van der Waals surface area (Å²) in [5.74, 6) is 1.03. The summed E-state index contributed by atoms with van der Waals surface area (Å²) in [6.45, 7) is 6.59. The maximum absolute atomic E-state index is 4.71. The number of nitrogens with zero attached hydrogens (tertiary/aromatic N) is 1. The highest BCUT2D eigenvalue weighted by molar-refractivity contribution is 5.44. The number of benzene rings is 1. The van der Waals surface area contributed by atoms with E-state index in [0.717, 1.165) is 18.7 Å². The van der Waals surface area contributed by atoms with E-state index in [1.165, 1.54) is 22.5 Å². The van der Waals surface area contributed by atoms with Gasteiger partial charge in [0.25, 0.3) is 0 Å². The Hall–Kier alpha value is -1.57. The Kier molecular flexibility index (Phi) is 2.15. The van der Waals surface area contributed by atoms with Crippen molar-refractivity contribution in [2.45, 2.75) is 39.0 Å². The van der Waals surface area contributed by atoms with Crippen LogP contribution in [-0.4, -0.2) is 9.97 Å². The SMILES string of the molecule is Cc1nc2c([nH]1)CCc1ccccc1C2(C)C. The molecule has 0 aliphatic heterocycles. The summed E-state index contributed by atoms with van der Waals surface area (Å²) in [5, 5.41) is 0. The van der Waals surface area contributed by atoms with Crippen molar-refractivity contribution in [3.8, 4) is 0 Å². The van der Waals surface area contributed by atoms with Crippen LogP contribution in [0, 0.1) is 6.92 Å². The molecule has 2 nitrogen and oxygen atoms in total. The van der Waals surface area contributed by atoms with Crippen molar-refractivity contribution in [3.63, 3.8) is 0 Å². The fourth-order valence-corrected chi connectivity index (χ4v) is 2.97. The van der Waals surface area contributed by atoms with E-state index in [1.54, 1.807) is 0 Å². The van der Waals surface area contributed by atoms with E-state index in [1.807, 2.05) is 6.92 Å². The van der Waals surface area contributed by atoms with Crippen LogP contribution in [0.2, 0.25) is 0 Å². The van der Waals surface area contributed by atoms with Crippen LogP contribution < -0.4 is 0 Å². The second-order valence-corrected chi connectivity index (χ2v) is 5.43. The molecule has 1 aromatic heterocycles. The number of fused-ring (bicyclic) bond motifs is 2. The van der Waals surface area contributed by atoms with Crippen LogP contribution in [0.1, 0.15) is 42.2 Å². The van der Waals surface area contributed by atoms with Crippen LogP contribution in [0.3, 0.4) is 0 Å². The first-order chi connectivity index (χ1) is 8.09. The minimum atomic E-state index is 0.00713. The lowest BCUT2D eigenvalue weighted by Gasteiger charge is -2.25. The fraction of sp³-hybridized carbons (Fsp3) is 0.400. The standard InChI is InChI=1S/C15H18N2/c1-10-16-13-9-8-11-6-4-5-7-12(11)15(2,3)14(13)17-10/h4-7H,8-9H2,1-3H3,(H,16,17). The first kappa shape index (κ1) is 10.6. The topological polar surface area (TPSA) is 28.7 Å². The van der Waals surface area contributed by atoms with E-state index in [2.05, 4.69) is 43.1 Å². The molecule has 0 unspecified atom stereocenters. The summed E-state index contributed by atoms with van der Waals surface area (Å²) in [6.07, 6.45) is 2.17. The zero-order valence-corrected chi connectivity index (χ0v) is 10.7. The quantitative estimate of drug-likeness (QED) is 0.734. The molecule has 0 spiro atoms. The molecule has 0 radical (unpaired) electrons. The molecule has 2 heteroatoms. The highest BCUT2D eigenvalue weighted by atomic mass is 14.9. The number of H-pyrrole nitrogens is 1. The van der Waals surface area contributed by atoms with E-state index in [4.69, 9.17) is 4.98 Å². The Morgan fingerprint density at radius 2 is 1.94 bits per heavy atom. The third-order valence-electron chi connectivity index (χ3n) is 3.82. The molecule has 2 aromatic rings. The Morgan fingerprint density at radius 1 is 1.18 bits per heavy atom. The van der Waals surface area contributed by atoms with Gasteiger partial charge < -0.3 is 4.98 Å². The second kappa shape index (κ2) is 3.46. The van der Waals surface area contributed by atoms with Crippen molar-refractivity contribution in [2.75, 3.05) is 0 Å². The van der Waals surface area contributed by atoms with E-state index < -0.39 is 0 Å². The van der Waals surface area contributed by atoms with Gasteiger partial charge in [0.05, 0.1) is 5.69 Å². The maximum Gasteiger partial charge on any atom is 0.103 e. The van der Waals surface area contributed by atoms with Crippen molar-refractivity contribution in [1.29, 1.82) is 0 Å². The first-order valence-corrected chi connectivity index (χ1v) is 6.23. The van der Waals surface area contributed by atoms with Gasteiger partial charge in [-0.05, 0) is 30.9 Å². The molecule has 0 bridgehead atoms. The van der Waals surface area contributed by atoms with Crippen LogP contribution >= 0.6 is 0 Å². The minimum absolute atomic E-state index is 0.00713. The lowest BCUT2D eigenvalue weighted by molar-refractivity contribution is 0.615. The van der Waals surface area contributed by atoms with Crippen LogP contribution in [-0.2, 0) is 18.3 Å². The zero-order valence-electron chi connectivity index (χ0n) is 10.7. The number of hydrogen-bond donors (Lipinski definition) is 1. The molecule has 0 saturated heterocycles. The van der Waals surface area contributed by atoms with E-state index in [9.17, 15) is 0 Å². The third-order valence-corrected chi connectivity index (χ3v) is 3.82. The lowest BCUT2D eigenvalue weighted by Crippen LogP contribution is -2.21. The molecule has 1 N–H and O–H groups in total. The monoisotopic (exact) mass is 226 g/mol. The van der Waals surface area contributed by atoms with Crippen LogP contribution in [0.4, 0.5) is 0 Å². The molecule has 1 aromatic carbocycles. The maximum atomic E-state index is 4.71. The molecular formula is C15H18N2. The summed E-state index contributed by atoms with van der Waals surface area (Å²) < 4.78 is 0. The van der Waals surface area contributed by atoms with Gasteiger partial charge in [-0.2, -0.15) is 0 Å². The largest absolute Gasteiger partial charge is 0.346 e. The fourth-order valence-electron chi connectivity index (χ4n) is 2.97. The Labute approximate surface area is 102 Å². The molecule has 0 saturated carbocycles. The van der Waals surface area contributed by atoms with Gasteiger partial charge in [-0.1, -0.05) is 38.1 Å². The number of aryl methyl sites for hydroxylation is 3. The van der Waals surface area contributed by atoms with Crippen molar-refractivity contribution in [1.82, 2.24) is 9.97 Å². The number of hydrogen-bond acceptors (Lipinski definition) is 1. The number of imidazole rings is 1. The summed E-state index contributed by atoms with van der Waals surface area (Å²) in [4.78, 5) is 8.12. The molecule has 88 valence electrons. The Morgan fingerprint density at radius 3 is 2.76 bits per heavy atom. The van der Waals surface area contributed by atoms with Crippen molar-refractivity contribution < 1.29 is 0 Å². The van der Waals surface area contributed by atoms with Gasteiger partial charge in [-0.25, -0.2) is 4.98 Å². The van der Waals surface area contributed by atoms with Crippen molar-refractivity contribution >= 4 is 0 Å². The number of aromatic nitrogens is 2. The molecule has 3 rings (SSSR count). The summed E-state index contributed by atoms with van der Waals surface area (Å²) in [5.41, 5.74) is 5.42.